The van der Waals surface area contributed by atoms with Crippen LogP contribution in [0.15, 0.2) is 0 Å². The number of hydrogen-bond donors (Lipinski definition) is 1. The van der Waals surface area contributed by atoms with Crippen molar-refractivity contribution in [2.45, 2.75) is 88.9 Å². The van der Waals surface area contributed by atoms with Crippen LogP contribution in [0.5, 0.6) is 0 Å². The van der Waals surface area contributed by atoms with Crippen molar-refractivity contribution in [3.8, 4) is 0 Å². The average molecular weight is 332 g/mol. The zero-order valence-corrected chi connectivity index (χ0v) is 15.2. The highest BCUT2D eigenvalue weighted by Crippen LogP contribution is 2.59. The number of amides is 2. The van der Waals surface area contributed by atoms with E-state index in [1.54, 1.807) is 0 Å². The maximum atomic E-state index is 13.1. The molecule has 4 saturated carbocycles. The van der Waals surface area contributed by atoms with Gasteiger partial charge in [-0.05, 0) is 81.0 Å². The number of piperidine rings is 1. The first-order chi connectivity index (χ1) is 11.5. The minimum Gasteiger partial charge on any atom is -0.381 e. The molecule has 0 aromatic rings. The third-order valence-electron chi connectivity index (χ3n) is 8.13. The lowest BCUT2D eigenvalue weighted by molar-refractivity contribution is -0.0652. The Labute approximate surface area is 145 Å². The van der Waals surface area contributed by atoms with E-state index in [-0.39, 0.29) is 6.03 Å². The number of fused-ring (bicyclic) bond motifs is 2. The highest BCUT2D eigenvalue weighted by molar-refractivity contribution is 5.76. The second-order valence-electron chi connectivity index (χ2n) is 9.88. The number of nitrogens with one attached hydrogen (secondary N) is 1. The van der Waals surface area contributed by atoms with E-state index in [1.165, 1.54) is 32.1 Å². The van der Waals surface area contributed by atoms with Crippen molar-refractivity contribution in [2.75, 3.05) is 7.11 Å². The Morgan fingerprint density at radius 3 is 2.21 bits per heavy atom. The van der Waals surface area contributed by atoms with Gasteiger partial charge in [0.05, 0.1) is 6.10 Å². The lowest BCUT2D eigenvalue weighted by atomic mass is 9.48. The summed E-state index contributed by atoms with van der Waals surface area (Å²) in [5.41, 5.74) is 0.577. The molecule has 0 spiro atoms. The number of rotatable bonds is 2. The summed E-state index contributed by atoms with van der Waals surface area (Å²) in [6.07, 6.45) is 11.6. The molecule has 6 rings (SSSR count). The number of carbonyl (C=O) groups excluding carboxylic acids is 1. The molecule has 6 fully saturated rings. The van der Waals surface area contributed by atoms with E-state index in [0.717, 1.165) is 43.4 Å². The van der Waals surface area contributed by atoms with Crippen molar-refractivity contribution in [1.29, 1.82) is 0 Å². The Morgan fingerprint density at radius 2 is 1.67 bits per heavy atom. The summed E-state index contributed by atoms with van der Waals surface area (Å²) >= 11 is 0. The van der Waals surface area contributed by atoms with Gasteiger partial charge in [-0.25, -0.2) is 4.79 Å². The van der Waals surface area contributed by atoms with Crippen molar-refractivity contribution in [3.63, 3.8) is 0 Å². The zero-order chi connectivity index (χ0) is 16.5. The van der Waals surface area contributed by atoms with Crippen LogP contribution in [0.1, 0.15) is 64.7 Å². The molecule has 0 aromatic carbocycles. The molecule has 5 atom stereocenters. The Kier molecular flexibility index (Phi) is 3.46. The zero-order valence-electron chi connectivity index (χ0n) is 15.2. The van der Waals surface area contributed by atoms with Crippen LogP contribution in [0.25, 0.3) is 0 Å². The number of carbonyl (C=O) groups is 1. The minimum absolute atomic E-state index is 0.236. The molecular weight excluding hydrogens is 300 g/mol. The summed E-state index contributed by atoms with van der Waals surface area (Å²) in [7, 11) is 1.81. The summed E-state index contributed by atoms with van der Waals surface area (Å²) in [6.45, 7) is 2.49. The van der Waals surface area contributed by atoms with Gasteiger partial charge in [-0.1, -0.05) is 6.92 Å². The van der Waals surface area contributed by atoms with Crippen molar-refractivity contribution in [1.82, 2.24) is 10.2 Å². The SMILES string of the molecule is COC1C[C@H]2CC[C@@H](C1)N2C(=O)N[C@H]1C2CC3CC1C[C@](C)(C3)C2. The van der Waals surface area contributed by atoms with Gasteiger partial charge < -0.3 is 15.0 Å². The molecule has 0 radical (unpaired) electrons. The first-order valence-electron chi connectivity index (χ1n) is 10.2. The van der Waals surface area contributed by atoms with Gasteiger partial charge >= 0.3 is 6.03 Å². The van der Waals surface area contributed by atoms with Crippen LogP contribution < -0.4 is 5.32 Å². The average Bonchev–Trinajstić information content (AvgIpc) is 2.79. The molecule has 4 aliphatic carbocycles. The number of methoxy groups -OCH3 is 1. The monoisotopic (exact) mass is 332 g/mol. The molecule has 2 saturated heterocycles. The topological polar surface area (TPSA) is 41.6 Å². The fraction of sp³-hybridized carbons (Fsp3) is 0.950. The molecule has 6 bridgehead atoms. The van der Waals surface area contributed by atoms with E-state index in [0.29, 0.717) is 29.6 Å². The van der Waals surface area contributed by atoms with E-state index in [2.05, 4.69) is 17.1 Å². The van der Waals surface area contributed by atoms with Crippen LogP contribution in [-0.2, 0) is 4.74 Å². The molecule has 1 N–H and O–H groups in total. The molecule has 0 aromatic heterocycles. The highest BCUT2D eigenvalue weighted by Gasteiger charge is 2.54. The Hall–Kier alpha value is -0.770. The third-order valence-corrected chi connectivity index (χ3v) is 8.13. The summed E-state index contributed by atoms with van der Waals surface area (Å²) in [4.78, 5) is 15.3. The second-order valence-corrected chi connectivity index (χ2v) is 9.88. The Morgan fingerprint density at radius 1 is 1.04 bits per heavy atom. The maximum absolute atomic E-state index is 13.1. The highest BCUT2D eigenvalue weighted by atomic mass is 16.5. The first-order valence-corrected chi connectivity index (χ1v) is 10.2. The predicted octanol–water partition coefficient (Wildman–Crippen LogP) is 3.55. The molecule has 2 aliphatic heterocycles. The van der Waals surface area contributed by atoms with Crippen LogP contribution in [0.4, 0.5) is 4.79 Å². The van der Waals surface area contributed by atoms with Gasteiger partial charge in [-0.2, -0.15) is 0 Å². The van der Waals surface area contributed by atoms with Crippen LogP contribution in [0.2, 0.25) is 0 Å². The summed E-state index contributed by atoms with van der Waals surface area (Å²) < 4.78 is 5.58. The van der Waals surface area contributed by atoms with Crippen LogP contribution in [0, 0.1) is 23.2 Å². The molecule has 4 heteroatoms. The van der Waals surface area contributed by atoms with Gasteiger partial charge in [0.15, 0.2) is 0 Å². The first kappa shape index (κ1) is 15.5. The van der Waals surface area contributed by atoms with Crippen LogP contribution in [-0.4, -0.2) is 42.3 Å². The van der Waals surface area contributed by atoms with Gasteiger partial charge in [0.1, 0.15) is 0 Å². The van der Waals surface area contributed by atoms with Gasteiger partial charge in [-0.3, -0.25) is 0 Å². The van der Waals surface area contributed by atoms with E-state index in [9.17, 15) is 4.79 Å². The number of urea groups is 1. The number of hydrogen-bond acceptors (Lipinski definition) is 2. The number of ether oxygens (including phenoxy) is 1. The van der Waals surface area contributed by atoms with Gasteiger partial charge in [0.2, 0.25) is 0 Å². The summed E-state index contributed by atoms with van der Waals surface area (Å²) in [6, 6.07) is 1.49. The predicted molar refractivity (Wildman–Crippen MR) is 92.7 cm³/mol. The van der Waals surface area contributed by atoms with Gasteiger partial charge in [0, 0.05) is 25.2 Å². The van der Waals surface area contributed by atoms with E-state index >= 15 is 0 Å². The van der Waals surface area contributed by atoms with Crippen molar-refractivity contribution in [2.24, 2.45) is 23.2 Å². The minimum atomic E-state index is 0.236. The maximum Gasteiger partial charge on any atom is 0.318 e. The molecule has 24 heavy (non-hydrogen) atoms. The number of nitrogens with zero attached hydrogens (tertiary/aromatic N) is 1. The second kappa shape index (κ2) is 5.36. The molecule has 2 amide bonds. The standard InChI is InChI=1S/C20H32N2O2/c1-20-9-12-5-13(10-20)18(14(6-12)11-20)21-19(23)22-15-3-4-16(22)8-17(7-15)24-2/h12-18H,3-11H2,1-2H3,(H,21,23)/t12?,13?,14?,15-,16+,17?,18-,20+. The van der Waals surface area contributed by atoms with Gasteiger partial charge in [-0.15, -0.1) is 0 Å². The quantitative estimate of drug-likeness (QED) is 0.840. The fourth-order valence-corrected chi connectivity index (χ4v) is 7.53. The normalized spacial score (nSPS) is 51.9. The molecule has 2 heterocycles. The lowest BCUT2D eigenvalue weighted by Gasteiger charge is -2.59. The Bertz CT molecular complexity index is 506. The smallest absolute Gasteiger partial charge is 0.318 e. The van der Waals surface area contributed by atoms with Gasteiger partial charge in [0.25, 0.3) is 0 Å². The summed E-state index contributed by atoms with van der Waals surface area (Å²) in [5.74, 6) is 2.41. The largest absolute Gasteiger partial charge is 0.381 e. The third kappa shape index (κ3) is 2.32. The van der Waals surface area contributed by atoms with Crippen molar-refractivity contribution in [3.05, 3.63) is 0 Å². The molecular formula is C20H32N2O2. The van der Waals surface area contributed by atoms with Crippen LogP contribution >= 0.6 is 0 Å². The summed E-state index contributed by atoms with van der Waals surface area (Å²) in [5, 5.41) is 3.53. The Balaban J connectivity index is 1.28. The van der Waals surface area contributed by atoms with Crippen molar-refractivity contribution >= 4 is 6.03 Å². The molecule has 6 aliphatic rings. The van der Waals surface area contributed by atoms with Crippen molar-refractivity contribution < 1.29 is 9.53 Å². The van der Waals surface area contributed by atoms with E-state index in [1.807, 2.05) is 7.11 Å². The van der Waals surface area contributed by atoms with E-state index < -0.39 is 0 Å². The van der Waals surface area contributed by atoms with E-state index in [4.69, 9.17) is 4.74 Å². The fourth-order valence-electron chi connectivity index (χ4n) is 7.53. The molecule has 4 nitrogen and oxygen atoms in total. The molecule has 134 valence electrons. The molecule has 3 unspecified atom stereocenters. The van der Waals surface area contributed by atoms with Crippen LogP contribution in [0.3, 0.4) is 0 Å². The lowest BCUT2D eigenvalue weighted by Crippen LogP contribution is -2.62.